The van der Waals surface area contributed by atoms with Crippen molar-refractivity contribution in [3.05, 3.63) is 220 Å². The van der Waals surface area contributed by atoms with Crippen LogP contribution < -0.4 is 4.90 Å². The zero-order valence-electron chi connectivity index (χ0n) is 45.1. The van der Waals surface area contributed by atoms with Gasteiger partial charge in [0.15, 0.2) is 0 Å². The summed E-state index contributed by atoms with van der Waals surface area (Å²) in [5.41, 5.74) is 19.2. The van der Waals surface area contributed by atoms with Crippen molar-refractivity contribution in [2.75, 3.05) is 4.90 Å². The molecule has 0 bridgehead atoms. The predicted molar refractivity (Wildman–Crippen MR) is 277 cm³/mol. The lowest BCUT2D eigenvalue weighted by Gasteiger charge is -2.34. The SMILES string of the molecule is [2H]C([2H])([2H])C(C)(c1ccccc1-c1ccc(N(c2ccc3c(c2)C(C)(C)c2ccccc2-3)c2ccc3c(c2)C2(c4ccccc4-3)c3cc(C(C)(C)C)ccc3-c3ccc(C(C)(C)C)cc32)cc1)C([2H])([2H])[2H]. The summed E-state index contributed by atoms with van der Waals surface area (Å²) >= 11 is 0. The third-order valence-electron chi connectivity index (χ3n) is 14.9. The van der Waals surface area contributed by atoms with Crippen molar-refractivity contribution in [1.29, 1.82) is 0 Å². The molecule has 0 atom stereocenters. The van der Waals surface area contributed by atoms with Crippen LogP contribution in [0, 0.1) is 0 Å². The van der Waals surface area contributed by atoms with Crippen molar-refractivity contribution in [2.24, 2.45) is 0 Å². The van der Waals surface area contributed by atoms with Crippen LogP contribution in [-0.4, -0.2) is 0 Å². The highest BCUT2D eigenvalue weighted by Gasteiger charge is 2.52. The molecule has 11 rings (SSSR count). The van der Waals surface area contributed by atoms with Crippen LogP contribution in [0.3, 0.4) is 0 Å². The van der Waals surface area contributed by atoms with Gasteiger partial charge in [-0.3, -0.25) is 0 Å². The average Bonchev–Trinajstić information content (AvgIpc) is 3.88. The van der Waals surface area contributed by atoms with E-state index in [1.54, 1.807) is 12.1 Å². The lowest BCUT2D eigenvalue weighted by Crippen LogP contribution is -2.27. The lowest BCUT2D eigenvalue weighted by molar-refractivity contribution is 0.586. The molecule has 1 spiro atoms. The maximum atomic E-state index is 8.52. The topological polar surface area (TPSA) is 3.24 Å². The molecule has 0 heterocycles. The number of hydrogen-bond acceptors (Lipinski definition) is 1. The van der Waals surface area contributed by atoms with Crippen LogP contribution in [0.1, 0.15) is 134 Å². The molecular weight excluding hydrogens is 783 g/mol. The van der Waals surface area contributed by atoms with Gasteiger partial charge in [0.1, 0.15) is 0 Å². The van der Waals surface area contributed by atoms with Crippen molar-refractivity contribution in [3.63, 3.8) is 0 Å². The molecule has 3 aliphatic rings. The Morgan fingerprint density at radius 3 is 1.34 bits per heavy atom. The van der Waals surface area contributed by atoms with E-state index in [9.17, 15) is 0 Å². The first-order valence-electron chi connectivity index (χ1n) is 26.2. The summed E-state index contributed by atoms with van der Waals surface area (Å²) in [6.07, 6.45) is 0. The summed E-state index contributed by atoms with van der Waals surface area (Å²) in [6.45, 7) is 14.2. The summed E-state index contributed by atoms with van der Waals surface area (Å²) in [5, 5.41) is 0. The van der Waals surface area contributed by atoms with E-state index in [1.807, 2.05) is 24.3 Å². The molecule has 0 N–H and O–H groups in total. The van der Waals surface area contributed by atoms with Gasteiger partial charge in [0.2, 0.25) is 0 Å². The van der Waals surface area contributed by atoms with Crippen LogP contribution in [0.15, 0.2) is 170 Å². The van der Waals surface area contributed by atoms with Gasteiger partial charge in [-0.25, -0.2) is 0 Å². The minimum absolute atomic E-state index is 0.0764. The Morgan fingerprint density at radius 1 is 0.369 bits per heavy atom. The number of rotatable bonds is 4. The fourth-order valence-electron chi connectivity index (χ4n) is 11.5. The Morgan fingerprint density at radius 2 is 0.785 bits per heavy atom. The van der Waals surface area contributed by atoms with Gasteiger partial charge in [-0.2, -0.15) is 0 Å². The van der Waals surface area contributed by atoms with Gasteiger partial charge < -0.3 is 4.90 Å². The number of fused-ring (bicyclic) bond motifs is 13. The van der Waals surface area contributed by atoms with Gasteiger partial charge in [0.25, 0.3) is 0 Å². The first-order valence-corrected chi connectivity index (χ1v) is 23.2. The molecule has 1 heteroatoms. The van der Waals surface area contributed by atoms with Gasteiger partial charge in [0, 0.05) is 30.7 Å². The molecule has 65 heavy (non-hydrogen) atoms. The van der Waals surface area contributed by atoms with E-state index in [1.165, 1.54) is 84.8 Å². The van der Waals surface area contributed by atoms with Gasteiger partial charge >= 0.3 is 0 Å². The molecule has 322 valence electrons. The second-order valence-corrected chi connectivity index (χ2v) is 21.5. The van der Waals surface area contributed by atoms with E-state index < -0.39 is 24.5 Å². The average molecular weight is 850 g/mol. The maximum Gasteiger partial charge on any atom is 0.0726 e. The van der Waals surface area contributed by atoms with Crippen LogP contribution in [0.5, 0.6) is 0 Å². The fraction of sp³-hybridized carbons (Fsp3) is 0.250. The molecule has 0 amide bonds. The van der Waals surface area contributed by atoms with Gasteiger partial charge in [-0.15, -0.1) is 0 Å². The minimum atomic E-state index is -2.79. The first-order chi connectivity index (χ1) is 33.4. The maximum absolute atomic E-state index is 8.52. The third kappa shape index (κ3) is 6.11. The molecule has 0 unspecified atom stereocenters. The zero-order chi connectivity index (χ0) is 50.4. The van der Waals surface area contributed by atoms with Gasteiger partial charge in [-0.05, 0) is 147 Å². The van der Waals surface area contributed by atoms with E-state index in [4.69, 9.17) is 8.22 Å². The monoisotopic (exact) mass is 850 g/mol. The molecule has 0 saturated heterocycles. The van der Waals surface area contributed by atoms with Crippen LogP contribution in [0.25, 0.3) is 44.5 Å². The van der Waals surface area contributed by atoms with Crippen molar-refractivity contribution < 1.29 is 8.22 Å². The summed E-state index contributed by atoms with van der Waals surface area (Å²) in [6, 6.07) is 61.2. The molecule has 3 aliphatic carbocycles. The van der Waals surface area contributed by atoms with Crippen molar-refractivity contribution >= 4 is 17.1 Å². The molecular formula is C64H61N. The van der Waals surface area contributed by atoms with Gasteiger partial charge in [0.05, 0.1) is 5.41 Å². The predicted octanol–water partition coefficient (Wildman–Crippen LogP) is 17.4. The van der Waals surface area contributed by atoms with E-state index in [0.717, 1.165) is 22.6 Å². The standard InChI is InChI=1S/C64H61N/c1-60(2,3)41-26-32-50-51-33-27-42(61(4,5)6)37-58(51)64(57(50)36-41)55-23-17-14-20-48(55)52-35-31-45(39-59(52)64)65(43-28-24-40(25-29-43)46-18-12-15-21-53(46)62(7,8)9)44-30-34-49-47-19-13-16-22-54(47)63(10,11)56(49)38-44/h12-39H,1-11H3/i7D3,8D3. The minimum Gasteiger partial charge on any atom is -0.310 e. The van der Waals surface area contributed by atoms with Crippen LogP contribution in [0.4, 0.5) is 17.1 Å². The Hall–Kier alpha value is -6.44. The molecule has 8 aromatic carbocycles. The normalized spacial score (nSPS) is 16.7. The molecule has 0 aliphatic heterocycles. The van der Waals surface area contributed by atoms with Crippen molar-refractivity contribution in [2.45, 2.75) is 103 Å². The number of hydrogen-bond donors (Lipinski definition) is 0. The molecule has 1 nitrogen and oxygen atoms in total. The summed E-state index contributed by atoms with van der Waals surface area (Å²) in [4.78, 5) is 2.36. The number of benzene rings is 8. The molecule has 0 aromatic heterocycles. The molecule has 0 radical (unpaired) electrons. The molecule has 8 aromatic rings. The molecule has 0 saturated carbocycles. The highest BCUT2D eigenvalue weighted by atomic mass is 15.1. The van der Waals surface area contributed by atoms with Crippen LogP contribution in [0.2, 0.25) is 0 Å². The van der Waals surface area contributed by atoms with Crippen molar-refractivity contribution in [1.82, 2.24) is 0 Å². The second kappa shape index (κ2) is 14.0. The van der Waals surface area contributed by atoms with Crippen LogP contribution >= 0.6 is 0 Å². The Labute approximate surface area is 396 Å². The highest BCUT2D eigenvalue weighted by Crippen LogP contribution is 2.64. The summed E-state index contributed by atoms with van der Waals surface area (Å²) < 4.78 is 51.1. The summed E-state index contributed by atoms with van der Waals surface area (Å²) in [5.74, 6) is 0. The second-order valence-electron chi connectivity index (χ2n) is 21.5. The Bertz CT molecular complexity index is 3390. The number of nitrogens with zero attached hydrogens (tertiary/aromatic N) is 1. The first kappa shape index (κ1) is 34.9. The van der Waals surface area contributed by atoms with Crippen molar-refractivity contribution in [3.8, 4) is 44.5 Å². The van der Waals surface area contributed by atoms with E-state index >= 15 is 0 Å². The zero-order valence-corrected chi connectivity index (χ0v) is 39.1. The largest absolute Gasteiger partial charge is 0.310 e. The van der Waals surface area contributed by atoms with Gasteiger partial charge in [-0.1, -0.05) is 209 Å². The highest BCUT2D eigenvalue weighted by molar-refractivity contribution is 5.97. The Balaban J connectivity index is 1.16. The van der Waals surface area contributed by atoms with E-state index in [2.05, 4.69) is 194 Å². The third-order valence-corrected chi connectivity index (χ3v) is 14.9. The molecule has 0 fully saturated rings. The van der Waals surface area contributed by atoms with Crippen LogP contribution in [-0.2, 0) is 27.1 Å². The number of anilines is 3. The summed E-state index contributed by atoms with van der Waals surface area (Å²) in [7, 11) is 0. The van der Waals surface area contributed by atoms with E-state index in [-0.39, 0.29) is 21.8 Å². The smallest absolute Gasteiger partial charge is 0.0726 e. The Kier molecular flexibility index (Phi) is 7.53. The lowest BCUT2D eigenvalue weighted by atomic mass is 9.68. The fourth-order valence-corrected chi connectivity index (χ4v) is 11.5. The van der Waals surface area contributed by atoms with E-state index in [0.29, 0.717) is 5.56 Å². The quantitative estimate of drug-likeness (QED) is 0.171.